The zero-order valence-corrected chi connectivity index (χ0v) is 8.73. The number of rotatable bonds is 3. The first-order valence-electron chi connectivity index (χ1n) is 4.16. The van der Waals surface area contributed by atoms with Gasteiger partial charge in [0.1, 0.15) is 0 Å². The quantitative estimate of drug-likeness (QED) is 0.517. The molecular formula is C8H14N2O4. The first-order valence-corrected chi connectivity index (χ1v) is 4.16. The number of carbonyl (C=O) groups excluding carboxylic acids is 2. The van der Waals surface area contributed by atoms with Gasteiger partial charge in [-0.2, -0.15) is 0 Å². The van der Waals surface area contributed by atoms with Gasteiger partial charge in [-0.25, -0.2) is 4.79 Å². The highest BCUT2D eigenvalue weighted by molar-refractivity contribution is 5.67. The molecule has 1 amide bonds. The van der Waals surface area contributed by atoms with Crippen LogP contribution in [0.25, 0.3) is 0 Å². The van der Waals surface area contributed by atoms with E-state index in [-0.39, 0.29) is 6.61 Å². The smallest absolute Gasteiger partial charge is 0.447 e. The number of hydrogen-bond donors (Lipinski definition) is 0. The molecule has 0 radical (unpaired) electrons. The van der Waals surface area contributed by atoms with Crippen LogP contribution in [0.4, 0.5) is 4.79 Å². The Morgan fingerprint density at radius 1 is 1.36 bits per heavy atom. The number of esters is 1. The highest BCUT2D eigenvalue weighted by Gasteiger charge is 2.20. The first-order chi connectivity index (χ1) is 6.37. The van der Waals surface area contributed by atoms with Gasteiger partial charge in [0, 0.05) is 6.92 Å². The van der Waals surface area contributed by atoms with Gasteiger partial charge in [-0.15, -0.1) is 5.11 Å². The van der Waals surface area contributed by atoms with E-state index in [1.165, 1.54) is 20.8 Å². The first kappa shape index (κ1) is 12.5. The van der Waals surface area contributed by atoms with Gasteiger partial charge in [-0.05, 0) is 20.8 Å². The summed E-state index contributed by atoms with van der Waals surface area (Å²) in [7, 11) is 0. The van der Waals surface area contributed by atoms with E-state index in [0.717, 1.165) is 0 Å². The van der Waals surface area contributed by atoms with Crippen LogP contribution in [0.5, 0.6) is 0 Å². The van der Waals surface area contributed by atoms with E-state index >= 15 is 0 Å². The Kier molecular flexibility index (Phi) is 4.76. The lowest BCUT2D eigenvalue weighted by atomic mass is 10.3. The number of nitrogens with zero attached hydrogens (tertiary/aromatic N) is 2. The molecule has 0 bridgehead atoms. The molecule has 0 N–H and O–H groups in total. The standard InChI is InChI=1S/C8H14N2O4/c1-5-13-7(12)9-10-8(3,4)14-6(2)11/h5H2,1-4H3/b10-9+. The third kappa shape index (κ3) is 6.10. The van der Waals surface area contributed by atoms with E-state index < -0.39 is 17.8 Å². The van der Waals surface area contributed by atoms with Crippen molar-refractivity contribution >= 4 is 12.1 Å². The highest BCUT2D eigenvalue weighted by atomic mass is 16.6. The number of hydrogen-bond acceptors (Lipinski definition) is 5. The van der Waals surface area contributed by atoms with Gasteiger partial charge in [0.05, 0.1) is 6.61 Å². The minimum absolute atomic E-state index is 0.228. The predicted octanol–water partition coefficient (Wildman–Crippen LogP) is 1.89. The highest BCUT2D eigenvalue weighted by Crippen LogP contribution is 2.11. The molecule has 0 heterocycles. The summed E-state index contributed by atoms with van der Waals surface area (Å²) in [5, 5.41) is 6.75. The molecule has 0 saturated heterocycles. The molecular weight excluding hydrogens is 188 g/mol. The lowest BCUT2D eigenvalue weighted by Crippen LogP contribution is -2.24. The molecule has 6 heteroatoms. The molecule has 14 heavy (non-hydrogen) atoms. The fourth-order valence-electron chi connectivity index (χ4n) is 0.686. The second-order valence-corrected chi connectivity index (χ2v) is 2.94. The average molecular weight is 202 g/mol. The summed E-state index contributed by atoms with van der Waals surface area (Å²) in [6.07, 6.45) is -0.798. The van der Waals surface area contributed by atoms with Crippen molar-refractivity contribution in [3.8, 4) is 0 Å². The molecule has 80 valence electrons. The topological polar surface area (TPSA) is 77.3 Å². The number of amides is 1. The largest absolute Gasteiger partial charge is 0.452 e. The van der Waals surface area contributed by atoms with E-state index in [2.05, 4.69) is 15.0 Å². The van der Waals surface area contributed by atoms with E-state index in [1.807, 2.05) is 0 Å². The van der Waals surface area contributed by atoms with Crippen LogP contribution >= 0.6 is 0 Å². The van der Waals surface area contributed by atoms with Crippen molar-refractivity contribution in [2.45, 2.75) is 33.4 Å². The van der Waals surface area contributed by atoms with Crippen molar-refractivity contribution in [1.29, 1.82) is 0 Å². The fourth-order valence-corrected chi connectivity index (χ4v) is 0.686. The van der Waals surface area contributed by atoms with Crippen LogP contribution in [0.3, 0.4) is 0 Å². The van der Waals surface area contributed by atoms with Crippen LogP contribution in [0.1, 0.15) is 27.7 Å². The molecule has 0 aromatic rings. The van der Waals surface area contributed by atoms with Crippen LogP contribution in [-0.4, -0.2) is 24.4 Å². The van der Waals surface area contributed by atoms with Gasteiger partial charge >= 0.3 is 12.1 Å². The second kappa shape index (κ2) is 5.31. The molecule has 0 aliphatic carbocycles. The van der Waals surface area contributed by atoms with E-state index in [9.17, 15) is 9.59 Å². The van der Waals surface area contributed by atoms with Crippen LogP contribution in [0, 0.1) is 0 Å². The van der Waals surface area contributed by atoms with E-state index in [1.54, 1.807) is 6.92 Å². The summed E-state index contributed by atoms with van der Waals surface area (Å²) in [6, 6.07) is 0. The summed E-state index contributed by atoms with van der Waals surface area (Å²) in [5.41, 5.74) is -1.14. The molecule has 0 aromatic heterocycles. The van der Waals surface area contributed by atoms with Gasteiger partial charge in [-0.3, -0.25) is 4.79 Å². The maximum atomic E-state index is 10.8. The summed E-state index contributed by atoms with van der Waals surface area (Å²) >= 11 is 0. The third-order valence-corrected chi connectivity index (χ3v) is 1.03. The van der Waals surface area contributed by atoms with Crippen molar-refractivity contribution < 1.29 is 19.1 Å². The molecule has 0 rings (SSSR count). The fraction of sp³-hybridized carbons (Fsp3) is 0.750. The van der Waals surface area contributed by atoms with Crippen molar-refractivity contribution in [1.82, 2.24) is 0 Å². The summed E-state index contributed by atoms with van der Waals surface area (Å²) < 4.78 is 9.26. The Balaban J connectivity index is 4.19. The summed E-state index contributed by atoms with van der Waals surface area (Å²) in [4.78, 5) is 21.3. The van der Waals surface area contributed by atoms with Gasteiger partial charge in [-0.1, -0.05) is 5.11 Å². The van der Waals surface area contributed by atoms with Crippen molar-refractivity contribution in [2.75, 3.05) is 6.61 Å². The summed E-state index contributed by atoms with van der Waals surface area (Å²) in [6.45, 7) is 6.16. The lowest BCUT2D eigenvalue weighted by Gasteiger charge is -2.16. The van der Waals surface area contributed by atoms with Crippen LogP contribution in [0.15, 0.2) is 10.2 Å². The van der Waals surface area contributed by atoms with Gasteiger partial charge in [0.25, 0.3) is 0 Å². The van der Waals surface area contributed by atoms with Crippen LogP contribution in [-0.2, 0) is 14.3 Å². The molecule has 0 saturated carbocycles. The molecule has 0 fully saturated rings. The number of ether oxygens (including phenoxy) is 2. The second-order valence-electron chi connectivity index (χ2n) is 2.94. The SMILES string of the molecule is CCOC(=O)/N=N/C(C)(C)OC(C)=O. The van der Waals surface area contributed by atoms with Gasteiger partial charge in [0.2, 0.25) is 5.72 Å². The van der Waals surface area contributed by atoms with Gasteiger partial charge < -0.3 is 9.47 Å². The number of azo groups is 1. The average Bonchev–Trinajstić information content (AvgIpc) is 1.99. The minimum atomic E-state index is -1.14. The molecule has 0 aliphatic heterocycles. The van der Waals surface area contributed by atoms with Crippen LogP contribution < -0.4 is 0 Å². The van der Waals surface area contributed by atoms with Crippen molar-refractivity contribution in [3.05, 3.63) is 0 Å². The third-order valence-electron chi connectivity index (χ3n) is 1.03. The minimum Gasteiger partial charge on any atom is -0.447 e. The molecule has 0 unspecified atom stereocenters. The Labute approximate surface area is 82.3 Å². The maximum Gasteiger partial charge on any atom is 0.452 e. The molecule has 0 atom stereocenters. The maximum absolute atomic E-state index is 10.8. The summed E-state index contributed by atoms with van der Waals surface area (Å²) in [5.74, 6) is -0.488. The van der Waals surface area contributed by atoms with E-state index in [0.29, 0.717) is 0 Å². The monoisotopic (exact) mass is 202 g/mol. The normalized spacial score (nSPS) is 11.4. The van der Waals surface area contributed by atoms with Crippen LogP contribution in [0.2, 0.25) is 0 Å². The van der Waals surface area contributed by atoms with Crippen molar-refractivity contribution in [3.63, 3.8) is 0 Å². The Bertz CT molecular complexity index is 248. The van der Waals surface area contributed by atoms with E-state index in [4.69, 9.17) is 4.74 Å². The predicted molar refractivity (Wildman–Crippen MR) is 47.7 cm³/mol. The number of carbonyl (C=O) groups is 2. The molecule has 0 spiro atoms. The Morgan fingerprint density at radius 2 is 1.93 bits per heavy atom. The molecule has 0 aromatic carbocycles. The molecule has 0 aliphatic rings. The van der Waals surface area contributed by atoms with Gasteiger partial charge in [0.15, 0.2) is 0 Å². The Hall–Kier alpha value is -1.46. The van der Waals surface area contributed by atoms with Crippen molar-refractivity contribution in [2.24, 2.45) is 10.2 Å². The Morgan fingerprint density at radius 3 is 2.36 bits per heavy atom. The molecule has 6 nitrogen and oxygen atoms in total. The zero-order chi connectivity index (χ0) is 11.2. The lowest BCUT2D eigenvalue weighted by molar-refractivity contribution is -0.153. The zero-order valence-electron chi connectivity index (χ0n) is 8.73.